The van der Waals surface area contributed by atoms with Gasteiger partial charge in [-0.3, -0.25) is 4.79 Å². The predicted octanol–water partition coefficient (Wildman–Crippen LogP) is 4.53. The number of Topliss-reactive ketones (excluding diaryl/α,β-unsaturated/α-hetero) is 1. The van der Waals surface area contributed by atoms with Crippen molar-refractivity contribution in [3.8, 4) is 5.75 Å². The van der Waals surface area contributed by atoms with Crippen LogP contribution in [0.15, 0.2) is 48.5 Å². The first-order valence-corrected chi connectivity index (χ1v) is 7.67. The average molecular weight is 333 g/mol. The van der Waals surface area contributed by atoms with Crippen molar-refractivity contribution in [3.63, 3.8) is 0 Å². The molecule has 0 amide bonds. The quantitative estimate of drug-likeness (QED) is 0.757. The topological polar surface area (TPSA) is 63.6 Å². The smallest absolute Gasteiger partial charge is 0.349 e. The maximum Gasteiger partial charge on any atom is 0.349 e. The largest absolute Gasteiger partial charge is 0.478 e. The Hall–Kier alpha value is -2.33. The van der Waals surface area contributed by atoms with Gasteiger partial charge in [-0.2, -0.15) is 0 Å². The van der Waals surface area contributed by atoms with Crippen LogP contribution in [0, 0.1) is 0 Å². The Bertz CT molecular complexity index is 677. The van der Waals surface area contributed by atoms with E-state index in [2.05, 4.69) is 0 Å². The van der Waals surface area contributed by atoms with Gasteiger partial charge in [0.15, 0.2) is 5.78 Å². The number of carbonyl (C=O) groups is 2. The minimum atomic E-state index is -1.13. The number of ketones is 1. The summed E-state index contributed by atoms with van der Waals surface area (Å²) in [5.74, 6) is -0.648. The lowest BCUT2D eigenvalue weighted by Gasteiger charge is -2.15. The Balaban J connectivity index is 2.16. The highest BCUT2D eigenvalue weighted by atomic mass is 35.5. The van der Waals surface area contributed by atoms with Crippen molar-refractivity contribution in [1.82, 2.24) is 0 Å². The molecule has 0 saturated carbocycles. The van der Waals surface area contributed by atoms with Crippen LogP contribution in [0.5, 0.6) is 5.75 Å². The SMILES string of the molecule is CCCC(=O)c1ccc(OC(C(=O)O)c2ccc(Cl)cc2)cc1. The summed E-state index contributed by atoms with van der Waals surface area (Å²) in [5.41, 5.74) is 1.09. The van der Waals surface area contributed by atoms with E-state index in [-0.39, 0.29) is 5.78 Å². The van der Waals surface area contributed by atoms with Crippen LogP contribution >= 0.6 is 11.6 Å². The molecule has 1 unspecified atom stereocenters. The highest BCUT2D eigenvalue weighted by molar-refractivity contribution is 6.30. The number of carbonyl (C=O) groups excluding carboxylic acids is 1. The standard InChI is InChI=1S/C18H17ClO4/c1-2-3-16(20)12-6-10-15(11-7-12)23-17(18(21)22)13-4-8-14(19)9-5-13/h4-11,17H,2-3H2,1H3,(H,21,22). The molecule has 2 aromatic carbocycles. The Morgan fingerprint density at radius 3 is 2.22 bits per heavy atom. The molecule has 5 heteroatoms. The van der Waals surface area contributed by atoms with Crippen LogP contribution in [0.2, 0.25) is 5.02 Å². The van der Waals surface area contributed by atoms with Crippen LogP contribution < -0.4 is 4.74 Å². The predicted molar refractivity (Wildman–Crippen MR) is 88.1 cm³/mol. The maximum absolute atomic E-state index is 11.8. The van der Waals surface area contributed by atoms with Gasteiger partial charge in [-0.15, -0.1) is 0 Å². The van der Waals surface area contributed by atoms with Gasteiger partial charge >= 0.3 is 5.97 Å². The van der Waals surface area contributed by atoms with Crippen LogP contribution in [-0.4, -0.2) is 16.9 Å². The zero-order valence-electron chi connectivity index (χ0n) is 12.7. The number of ether oxygens (including phenoxy) is 1. The van der Waals surface area contributed by atoms with Gasteiger partial charge in [-0.1, -0.05) is 30.7 Å². The number of carboxylic acid groups (broad SMARTS) is 1. The number of rotatable bonds is 7. The van der Waals surface area contributed by atoms with E-state index in [0.29, 0.717) is 28.3 Å². The van der Waals surface area contributed by atoms with Gasteiger partial charge in [-0.05, 0) is 42.8 Å². The summed E-state index contributed by atoms with van der Waals surface area (Å²) in [4.78, 5) is 23.2. The van der Waals surface area contributed by atoms with Gasteiger partial charge in [-0.25, -0.2) is 4.79 Å². The number of hydrogen-bond donors (Lipinski definition) is 1. The third-order valence-corrected chi connectivity index (χ3v) is 3.56. The second kappa shape index (κ2) is 7.79. The van der Waals surface area contributed by atoms with Gasteiger partial charge in [0.05, 0.1) is 0 Å². The van der Waals surface area contributed by atoms with Gasteiger partial charge in [0.25, 0.3) is 0 Å². The number of benzene rings is 2. The molecule has 0 spiro atoms. The maximum atomic E-state index is 11.8. The first kappa shape index (κ1) is 17.0. The zero-order chi connectivity index (χ0) is 16.8. The van der Waals surface area contributed by atoms with Crippen molar-refractivity contribution >= 4 is 23.4 Å². The molecule has 1 atom stereocenters. The lowest BCUT2D eigenvalue weighted by atomic mass is 10.1. The molecule has 4 nitrogen and oxygen atoms in total. The van der Waals surface area contributed by atoms with E-state index >= 15 is 0 Å². The molecule has 0 radical (unpaired) electrons. The van der Waals surface area contributed by atoms with Crippen molar-refractivity contribution in [2.24, 2.45) is 0 Å². The summed E-state index contributed by atoms with van der Waals surface area (Å²) in [5, 5.41) is 9.88. The summed E-state index contributed by atoms with van der Waals surface area (Å²) in [6.07, 6.45) is 0.141. The van der Waals surface area contributed by atoms with E-state index in [1.165, 1.54) is 0 Å². The highest BCUT2D eigenvalue weighted by Crippen LogP contribution is 2.24. The minimum Gasteiger partial charge on any atom is -0.478 e. The number of halogens is 1. The van der Waals surface area contributed by atoms with Crippen LogP contribution in [0.25, 0.3) is 0 Å². The van der Waals surface area contributed by atoms with Crippen molar-refractivity contribution < 1.29 is 19.4 Å². The van der Waals surface area contributed by atoms with Gasteiger partial charge in [0.2, 0.25) is 6.10 Å². The highest BCUT2D eigenvalue weighted by Gasteiger charge is 2.22. The molecule has 0 aliphatic heterocycles. The fourth-order valence-corrected chi connectivity index (χ4v) is 2.25. The molecular weight excluding hydrogens is 316 g/mol. The molecule has 0 aromatic heterocycles. The molecule has 120 valence electrons. The lowest BCUT2D eigenvalue weighted by molar-refractivity contribution is -0.145. The molecule has 0 fully saturated rings. The van der Waals surface area contributed by atoms with Crippen LogP contribution in [0.1, 0.15) is 41.8 Å². The second-order valence-corrected chi connectivity index (χ2v) is 5.52. The Morgan fingerprint density at radius 2 is 1.70 bits per heavy atom. The first-order valence-electron chi connectivity index (χ1n) is 7.29. The third kappa shape index (κ3) is 4.57. The average Bonchev–Trinajstić information content (AvgIpc) is 2.54. The molecule has 0 aliphatic carbocycles. The van der Waals surface area contributed by atoms with E-state index in [1.54, 1.807) is 48.5 Å². The van der Waals surface area contributed by atoms with Crippen molar-refractivity contribution in [2.75, 3.05) is 0 Å². The molecule has 23 heavy (non-hydrogen) atoms. The van der Waals surface area contributed by atoms with E-state index in [4.69, 9.17) is 16.3 Å². The van der Waals surface area contributed by atoms with E-state index in [0.717, 1.165) is 6.42 Å². The summed E-state index contributed by atoms with van der Waals surface area (Å²) in [6, 6.07) is 13.0. The molecule has 2 rings (SSSR count). The molecule has 0 heterocycles. The molecular formula is C18H17ClO4. The number of hydrogen-bond acceptors (Lipinski definition) is 3. The fourth-order valence-electron chi connectivity index (χ4n) is 2.13. The molecule has 2 aromatic rings. The Labute approximate surface area is 139 Å². The van der Waals surface area contributed by atoms with E-state index in [9.17, 15) is 14.7 Å². The van der Waals surface area contributed by atoms with Crippen LogP contribution in [-0.2, 0) is 4.79 Å². The van der Waals surface area contributed by atoms with Crippen LogP contribution in [0.3, 0.4) is 0 Å². The summed E-state index contributed by atoms with van der Waals surface area (Å²) in [6.45, 7) is 1.94. The normalized spacial score (nSPS) is 11.7. The van der Waals surface area contributed by atoms with Crippen molar-refractivity contribution in [3.05, 3.63) is 64.7 Å². The Kier molecular flexibility index (Phi) is 5.77. The minimum absolute atomic E-state index is 0.0616. The first-order chi connectivity index (χ1) is 11.0. The van der Waals surface area contributed by atoms with Crippen LogP contribution in [0.4, 0.5) is 0 Å². The van der Waals surface area contributed by atoms with E-state index in [1.807, 2.05) is 6.92 Å². The van der Waals surface area contributed by atoms with Gasteiger partial charge in [0, 0.05) is 22.6 Å². The molecule has 0 bridgehead atoms. The van der Waals surface area contributed by atoms with Gasteiger partial charge < -0.3 is 9.84 Å². The zero-order valence-corrected chi connectivity index (χ0v) is 13.4. The third-order valence-electron chi connectivity index (χ3n) is 3.30. The molecule has 0 aliphatic rings. The Morgan fingerprint density at radius 1 is 1.09 bits per heavy atom. The lowest BCUT2D eigenvalue weighted by Crippen LogP contribution is -2.18. The monoisotopic (exact) mass is 332 g/mol. The van der Waals surface area contributed by atoms with Crippen molar-refractivity contribution in [2.45, 2.75) is 25.9 Å². The number of carboxylic acids is 1. The molecule has 0 saturated heterocycles. The summed E-state index contributed by atoms with van der Waals surface area (Å²) < 4.78 is 5.54. The van der Waals surface area contributed by atoms with Crippen molar-refractivity contribution in [1.29, 1.82) is 0 Å². The number of aliphatic carboxylic acids is 1. The van der Waals surface area contributed by atoms with Gasteiger partial charge in [0.1, 0.15) is 5.75 Å². The van der Waals surface area contributed by atoms with E-state index < -0.39 is 12.1 Å². The summed E-state index contributed by atoms with van der Waals surface area (Å²) >= 11 is 5.81. The second-order valence-electron chi connectivity index (χ2n) is 5.09. The molecule has 1 N–H and O–H groups in total. The summed E-state index contributed by atoms with van der Waals surface area (Å²) in [7, 11) is 0. The fraction of sp³-hybridized carbons (Fsp3) is 0.222.